The summed E-state index contributed by atoms with van der Waals surface area (Å²) in [7, 11) is -6.72. The highest BCUT2D eigenvalue weighted by Gasteiger charge is 2.10. The monoisotopic (exact) mass is 230 g/mol. The van der Waals surface area contributed by atoms with Crippen molar-refractivity contribution in [1.82, 2.24) is 0 Å². The lowest BCUT2D eigenvalue weighted by molar-refractivity contribution is 0.372. The summed E-state index contributed by atoms with van der Waals surface area (Å²) in [6.45, 7) is 0. The van der Waals surface area contributed by atoms with E-state index in [1.807, 2.05) is 0 Å². The average molecular weight is 230 g/mol. The Morgan fingerprint density at radius 2 is 1.77 bits per heavy atom. The quantitative estimate of drug-likeness (QED) is 0.398. The van der Waals surface area contributed by atoms with E-state index in [9.17, 15) is 4.57 Å². The van der Waals surface area contributed by atoms with Gasteiger partial charge in [0.2, 0.25) is 0 Å². The van der Waals surface area contributed by atoms with E-state index in [1.165, 1.54) is 0 Å². The zero-order valence-electron chi connectivity index (χ0n) is 6.57. The zero-order chi connectivity index (χ0) is 10.9. The summed E-state index contributed by atoms with van der Waals surface area (Å²) in [6.07, 6.45) is 0.312. The molecule has 0 aliphatic rings. The fraction of sp³-hybridized carbons (Fsp3) is 0.750. The molecule has 0 unspecified atom stereocenters. The molecule has 0 rings (SSSR count). The molecular formula is C4H10NO6P2+. The Morgan fingerprint density at radius 3 is 2.00 bits per heavy atom. The van der Waals surface area contributed by atoms with E-state index in [0.29, 0.717) is 0 Å². The fourth-order valence-corrected chi connectivity index (χ4v) is 0.934. The number of hydrogen-bond donors (Lipinski definition) is 4. The molecule has 0 atom stereocenters. The molecule has 76 valence electrons. The molecule has 0 heterocycles. The van der Waals surface area contributed by atoms with Gasteiger partial charge in [0, 0.05) is 11.0 Å². The molecule has 0 spiro atoms. The van der Waals surface area contributed by atoms with E-state index in [-0.39, 0.29) is 19.0 Å². The van der Waals surface area contributed by atoms with Gasteiger partial charge < -0.3 is 9.79 Å². The normalized spacial score (nSPS) is 9.46. The van der Waals surface area contributed by atoms with Crippen LogP contribution in [0.4, 0.5) is 0 Å². The van der Waals surface area contributed by atoms with Crippen molar-refractivity contribution in [2.24, 2.45) is 0 Å². The number of unbranched alkanes of at least 4 members (excludes halogenated alkanes) is 1. The Morgan fingerprint density at radius 1 is 1.38 bits per heavy atom. The van der Waals surface area contributed by atoms with Crippen molar-refractivity contribution in [2.45, 2.75) is 12.8 Å². The second-order valence-electron chi connectivity index (χ2n) is 1.90. The van der Waals surface area contributed by atoms with Crippen LogP contribution in [-0.4, -0.2) is 25.7 Å². The molecule has 7 nitrogen and oxygen atoms in total. The second-order valence-corrected chi connectivity index (χ2v) is 4.18. The van der Waals surface area contributed by atoms with Crippen LogP contribution >= 0.6 is 15.9 Å². The van der Waals surface area contributed by atoms with E-state index in [0.717, 1.165) is 0 Å². The highest BCUT2D eigenvalue weighted by molar-refractivity contribution is 7.51. The molecule has 0 aliphatic carbocycles. The Bertz CT molecular complexity index is 225. The summed E-state index contributed by atoms with van der Waals surface area (Å²) in [5.74, 6) is 0. The second kappa shape index (κ2) is 8.27. The summed E-state index contributed by atoms with van der Waals surface area (Å²) in [5, 5.41) is 7.96. The van der Waals surface area contributed by atoms with Crippen LogP contribution in [0.2, 0.25) is 0 Å². The topological polar surface area (TPSA) is 139 Å². The van der Waals surface area contributed by atoms with Gasteiger partial charge in [-0.1, -0.05) is 0 Å². The molecule has 0 aromatic carbocycles. The highest BCUT2D eigenvalue weighted by atomic mass is 31.2. The van der Waals surface area contributed by atoms with Crippen molar-refractivity contribution in [3.8, 4) is 6.07 Å². The lowest BCUT2D eigenvalue weighted by Crippen LogP contribution is -1.85. The summed E-state index contributed by atoms with van der Waals surface area (Å²) in [4.78, 5) is 30.7. The molecule has 0 aromatic heterocycles. The molecular weight excluding hydrogens is 220 g/mol. The molecule has 0 saturated carbocycles. The number of rotatable bonds is 3. The molecule has 0 saturated heterocycles. The van der Waals surface area contributed by atoms with Crippen LogP contribution in [0.5, 0.6) is 0 Å². The number of nitrogens with zero attached hydrogens (tertiary/aromatic N) is 1. The minimum absolute atomic E-state index is 0.180. The Balaban J connectivity index is 0. The fourth-order valence-electron chi connectivity index (χ4n) is 0.364. The molecule has 0 bridgehead atoms. The molecule has 0 aliphatic heterocycles. The van der Waals surface area contributed by atoms with E-state index in [1.54, 1.807) is 6.07 Å². The van der Waals surface area contributed by atoms with Crippen molar-refractivity contribution >= 4 is 15.9 Å². The summed E-state index contributed by atoms with van der Waals surface area (Å²) >= 11 is 0. The van der Waals surface area contributed by atoms with Crippen molar-refractivity contribution in [1.29, 1.82) is 5.26 Å². The van der Waals surface area contributed by atoms with E-state index in [4.69, 9.17) is 29.4 Å². The molecule has 0 radical (unpaired) electrons. The summed E-state index contributed by atoms with van der Waals surface area (Å²) in [6, 6.07) is 1.80. The van der Waals surface area contributed by atoms with Gasteiger partial charge in [-0.3, -0.25) is 4.57 Å². The van der Waals surface area contributed by atoms with E-state index in [2.05, 4.69) is 0 Å². The van der Waals surface area contributed by atoms with E-state index < -0.39 is 15.9 Å². The molecule has 13 heavy (non-hydrogen) atoms. The first kappa shape index (κ1) is 15.1. The van der Waals surface area contributed by atoms with Crippen molar-refractivity contribution in [3.63, 3.8) is 0 Å². The predicted molar refractivity (Wildman–Crippen MR) is 43.8 cm³/mol. The third-order valence-electron chi connectivity index (χ3n) is 0.738. The standard InChI is InChI=1S/C4H8NO3P.HO3P/c5-3-1-2-4-9(6,7)8;1-4(2)3/h1-2,4H2,(H2,6,7,8);(H-,1,2,3)/p+1. The average Bonchev–Trinajstić information content (AvgIpc) is 1.83. The van der Waals surface area contributed by atoms with Gasteiger partial charge in [-0.15, -0.1) is 9.79 Å². The maximum Gasteiger partial charge on any atom is 0.692 e. The van der Waals surface area contributed by atoms with Gasteiger partial charge >= 0.3 is 15.9 Å². The first-order valence-electron chi connectivity index (χ1n) is 3.06. The Hall–Kier alpha value is -0.340. The highest BCUT2D eigenvalue weighted by Crippen LogP contribution is 2.35. The lowest BCUT2D eigenvalue weighted by atomic mass is 10.4. The smallest absolute Gasteiger partial charge is 0.324 e. The van der Waals surface area contributed by atoms with Gasteiger partial charge in [0.15, 0.2) is 0 Å². The van der Waals surface area contributed by atoms with Gasteiger partial charge in [0.25, 0.3) is 0 Å². The SMILES string of the molecule is N#CCCCP(=O)(O)O.O=[P+](O)O. The largest absolute Gasteiger partial charge is 0.692 e. The van der Waals surface area contributed by atoms with Crippen molar-refractivity contribution in [2.75, 3.05) is 6.16 Å². The minimum Gasteiger partial charge on any atom is -0.324 e. The van der Waals surface area contributed by atoms with Crippen LogP contribution in [0.1, 0.15) is 12.8 Å². The lowest BCUT2D eigenvalue weighted by Gasteiger charge is -1.98. The van der Waals surface area contributed by atoms with Crippen molar-refractivity contribution in [3.05, 3.63) is 0 Å². The van der Waals surface area contributed by atoms with Crippen LogP contribution < -0.4 is 0 Å². The number of hydrogen-bond acceptors (Lipinski definition) is 3. The molecule has 0 aromatic rings. The maximum atomic E-state index is 10.1. The van der Waals surface area contributed by atoms with Crippen molar-refractivity contribution < 1.29 is 28.7 Å². The molecule has 9 heteroatoms. The van der Waals surface area contributed by atoms with Crippen LogP contribution in [0.25, 0.3) is 0 Å². The Kier molecular flexibility index (Phi) is 9.63. The van der Waals surface area contributed by atoms with Crippen LogP contribution in [0.3, 0.4) is 0 Å². The summed E-state index contributed by atoms with van der Waals surface area (Å²) < 4.78 is 18.8. The van der Waals surface area contributed by atoms with Gasteiger partial charge in [0.1, 0.15) is 0 Å². The molecule has 0 fully saturated rings. The maximum absolute atomic E-state index is 10.1. The Labute approximate surface area is 75.8 Å². The minimum atomic E-state index is -3.85. The third-order valence-corrected chi connectivity index (χ3v) is 1.64. The third kappa shape index (κ3) is 34.0. The van der Waals surface area contributed by atoms with Gasteiger partial charge in [-0.25, -0.2) is 0 Å². The predicted octanol–water partition coefficient (Wildman–Crippen LogP) is 0.0963. The molecule has 4 N–H and O–H groups in total. The van der Waals surface area contributed by atoms with E-state index >= 15 is 0 Å². The first-order valence-corrected chi connectivity index (χ1v) is 6.02. The van der Waals surface area contributed by atoms with Gasteiger partial charge in [-0.05, 0) is 6.42 Å². The van der Waals surface area contributed by atoms with Crippen LogP contribution in [0, 0.1) is 11.3 Å². The van der Waals surface area contributed by atoms with Crippen LogP contribution in [0.15, 0.2) is 0 Å². The van der Waals surface area contributed by atoms with Gasteiger partial charge in [0.05, 0.1) is 12.2 Å². The summed E-state index contributed by atoms with van der Waals surface area (Å²) in [5.41, 5.74) is 0. The molecule has 0 amide bonds. The van der Waals surface area contributed by atoms with Gasteiger partial charge in [-0.2, -0.15) is 5.26 Å². The number of nitriles is 1. The first-order chi connectivity index (χ1) is 5.79. The zero-order valence-corrected chi connectivity index (χ0v) is 8.36. The van der Waals surface area contributed by atoms with Crippen LogP contribution in [-0.2, 0) is 9.13 Å².